The van der Waals surface area contributed by atoms with Gasteiger partial charge in [0.1, 0.15) is 0 Å². The number of anilines is 1. The Morgan fingerprint density at radius 1 is 1.32 bits per heavy atom. The molecule has 1 aliphatic rings. The molecule has 0 spiro atoms. The Morgan fingerprint density at radius 2 is 2.04 bits per heavy atom. The molecule has 2 atom stereocenters. The van der Waals surface area contributed by atoms with E-state index in [1.54, 1.807) is 6.08 Å². The topological polar surface area (TPSA) is 54.5 Å². The van der Waals surface area contributed by atoms with Crippen LogP contribution < -0.4 is 5.32 Å². The molecule has 1 fully saturated rings. The van der Waals surface area contributed by atoms with Gasteiger partial charge in [0.2, 0.25) is 5.91 Å². The normalized spacial score (nSPS) is 21.5. The van der Waals surface area contributed by atoms with E-state index >= 15 is 0 Å². The van der Waals surface area contributed by atoms with E-state index in [-0.39, 0.29) is 18.1 Å². The highest BCUT2D eigenvalue weighted by Crippen LogP contribution is 2.19. The summed E-state index contributed by atoms with van der Waals surface area (Å²) in [5, 5.41) is 5.46. The summed E-state index contributed by atoms with van der Waals surface area (Å²) in [5.41, 5.74) is 1.97. The van der Waals surface area contributed by atoms with Crippen LogP contribution in [0.4, 0.5) is 5.13 Å². The minimum Gasteiger partial charge on any atom is -0.373 e. The van der Waals surface area contributed by atoms with Crippen LogP contribution in [0.5, 0.6) is 0 Å². The van der Waals surface area contributed by atoms with Crippen LogP contribution in [0.3, 0.4) is 0 Å². The Bertz CT molecular complexity index is 719. The molecule has 25 heavy (non-hydrogen) atoms. The van der Waals surface area contributed by atoms with E-state index in [1.807, 2.05) is 35.7 Å². The number of aromatic nitrogens is 1. The third-order valence-electron chi connectivity index (χ3n) is 3.89. The highest BCUT2D eigenvalue weighted by atomic mass is 32.1. The molecule has 3 rings (SSSR count). The Balaban J connectivity index is 1.53. The molecular weight excluding hydrogens is 334 g/mol. The number of benzene rings is 1. The van der Waals surface area contributed by atoms with Crippen LogP contribution in [0, 0.1) is 0 Å². The molecule has 1 aromatic carbocycles. The second kappa shape index (κ2) is 8.38. The van der Waals surface area contributed by atoms with Gasteiger partial charge in [0.05, 0.1) is 17.9 Å². The SMILES string of the molecule is C[C@@H]1CN(Cc2csc(NC(=O)/C=C/c3ccccc3)n2)C[C@@H](C)O1. The minimum absolute atomic E-state index is 0.168. The summed E-state index contributed by atoms with van der Waals surface area (Å²) >= 11 is 1.45. The van der Waals surface area contributed by atoms with Gasteiger partial charge in [0, 0.05) is 31.1 Å². The van der Waals surface area contributed by atoms with Crippen LogP contribution in [0.25, 0.3) is 6.08 Å². The number of thiazole rings is 1. The zero-order valence-electron chi connectivity index (χ0n) is 14.5. The second-order valence-corrected chi connectivity index (χ2v) is 7.19. The highest BCUT2D eigenvalue weighted by Gasteiger charge is 2.22. The number of carbonyl (C=O) groups excluding carboxylic acids is 1. The maximum absolute atomic E-state index is 12.0. The average Bonchev–Trinajstić information content (AvgIpc) is 3.00. The minimum atomic E-state index is -0.168. The molecule has 0 bridgehead atoms. The molecule has 2 aromatic rings. The van der Waals surface area contributed by atoms with E-state index in [0.29, 0.717) is 5.13 Å². The summed E-state index contributed by atoms with van der Waals surface area (Å²) in [6.07, 6.45) is 3.80. The van der Waals surface area contributed by atoms with E-state index in [0.717, 1.165) is 30.9 Å². The molecule has 1 aromatic heterocycles. The largest absolute Gasteiger partial charge is 0.373 e. The van der Waals surface area contributed by atoms with Crippen LogP contribution in [0.15, 0.2) is 41.8 Å². The summed E-state index contributed by atoms with van der Waals surface area (Å²) < 4.78 is 5.75. The summed E-state index contributed by atoms with van der Waals surface area (Å²) in [6.45, 7) is 6.78. The molecule has 0 unspecified atom stereocenters. The van der Waals surface area contributed by atoms with Crippen LogP contribution in [-0.2, 0) is 16.1 Å². The first kappa shape index (κ1) is 17.8. The first-order chi connectivity index (χ1) is 12.1. The molecule has 2 heterocycles. The van der Waals surface area contributed by atoms with Crippen LogP contribution >= 0.6 is 11.3 Å². The number of amides is 1. The maximum atomic E-state index is 12.0. The van der Waals surface area contributed by atoms with Crippen molar-refractivity contribution in [1.82, 2.24) is 9.88 Å². The van der Waals surface area contributed by atoms with E-state index < -0.39 is 0 Å². The van der Waals surface area contributed by atoms with Gasteiger partial charge in [0.25, 0.3) is 0 Å². The Labute approximate surface area is 152 Å². The molecule has 6 heteroatoms. The molecule has 132 valence electrons. The fraction of sp³-hybridized carbons (Fsp3) is 0.368. The second-order valence-electron chi connectivity index (χ2n) is 6.33. The Kier molecular flexibility index (Phi) is 5.96. The van der Waals surface area contributed by atoms with Gasteiger partial charge in [-0.05, 0) is 25.5 Å². The number of ether oxygens (including phenoxy) is 1. The fourth-order valence-electron chi connectivity index (χ4n) is 2.96. The lowest BCUT2D eigenvalue weighted by Gasteiger charge is -2.34. The van der Waals surface area contributed by atoms with Crippen molar-refractivity contribution in [2.24, 2.45) is 0 Å². The number of morpholine rings is 1. The lowest BCUT2D eigenvalue weighted by molar-refractivity contribution is -0.111. The standard InChI is InChI=1S/C19H23N3O2S/c1-14-10-22(11-15(2)24-14)12-17-13-25-19(20-17)21-18(23)9-8-16-6-4-3-5-7-16/h3-9,13-15H,10-12H2,1-2H3,(H,20,21,23)/b9-8+/t14-,15-/m1/s1. The van der Waals surface area contributed by atoms with Gasteiger partial charge in [-0.15, -0.1) is 11.3 Å². The molecular formula is C19H23N3O2S. The lowest BCUT2D eigenvalue weighted by atomic mass is 10.2. The van der Waals surface area contributed by atoms with Crippen molar-refractivity contribution < 1.29 is 9.53 Å². The molecule has 5 nitrogen and oxygen atoms in total. The number of rotatable bonds is 5. The zero-order valence-corrected chi connectivity index (χ0v) is 15.3. The first-order valence-corrected chi connectivity index (χ1v) is 9.33. The number of carbonyl (C=O) groups is 1. The van der Waals surface area contributed by atoms with Crippen LogP contribution in [0.2, 0.25) is 0 Å². The average molecular weight is 357 g/mol. The van der Waals surface area contributed by atoms with Gasteiger partial charge >= 0.3 is 0 Å². The smallest absolute Gasteiger partial charge is 0.250 e. The highest BCUT2D eigenvalue weighted by molar-refractivity contribution is 7.13. The van der Waals surface area contributed by atoms with Crippen molar-refractivity contribution in [2.45, 2.75) is 32.6 Å². The number of hydrogen-bond acceptors (Lipinski definition) is 5. The third kappa shape index (κ3) is 5.49. The predicted octanol–water partition coefficient (Wildman–Crippen LogP) is 3.40. The van der Waals surface area contributed by atoms with Crippen LogP contribution in [0.1, 0.15) is 25.1 Å². The number of nitrogens with one attached hydrogen (secondary N) is 1. The number of nitrogens with zero attached hydrogens (tertiary/aromatic N) is 2. The molecule has 1 saturated heterocycles. The number of hydrogen-bond donors (Lipinski definition) is 1. The predicted molar refractivity (Wildman–Crippen MR) is 102 cm³/mol. The van der Waals surface area contributed by atoms with Crippen molar-refractivity contribution in [2.75, 3.05) is 18.4 Å². The van der Waals surface area contributed by atoms with Crippen molar-refractivity contribution in [1.29, 1.82) is 0 Å². The monoisotopic (exact) mass is 357 g/mol. The fourth-order valence-corrected chi connectivity index (χ4v) is 3.67. The van der Waals surface area contributed by atoms with Gasteiger partial charge in [-0.2, -0.15) is 0 Å². The van der Waals surface area contributed by atoms with Gasteiger partial charge in [-0.1, -0.05) is 30.3 Å². The summed E-state index contributed by atoms with van der Waals surface area (Å²) in [5.74, 6) is -0.168. The molecule has 0 aliphatic carbocycles. The quantitative estimate of drug-likeness (QED) is 0.833. The van der Waals surface area contributed by atoms with Gasteiger partial charge < -0.3 is 4.74 Å². The Hall–Kier alpha value is -2.02. The summed E-state index contributed by atoms with van der Waals surface area (Å²) in [7, 11) is 0. The first-order valence-electron chi connectivity index (χ1n) is 8.45. The third-order valence-corrected chi connectivity index (χ3v) is 4.70. The summed E-state index contributed by atoms with van der Waals surface area (Å²) in [4.78, 5) is 18.9. The molecule has 1 aliphatic heterocycles. The lowest BCUT2D eigenvalue weighted by Crippen LogP contribution is -2.44. The maximum Gasteiger partial charge on any atom is 0.250 e. The van der Waals surface area contributed by atoms with Gasteiger partial charge in [0.15, 0.2) is 5.13 Å². The van der Waals surface area contributed by atoms with E-state index in [4.69, 9.17) is 4.74 Å². The van der Waals surface area contributed by atoms with E-state index in [1.165, 1.54) is 17.4 Å². The molecule has 0 radical (unpaired) electrons. The van der Waals surface area contributed by atoms with Crippen molar-refractivity contribution in [3.8, 4) is 0 Å². The van der Waals surface area contributed by atoms with Gasteiger partial charge in [-0.3, -0.25) is 15.0 Å². The van der Waals surface area contributed by atoms with Crippen molar-refractivity contribution in [3.05, 3.63) is 53.0 Å². The molecule has 1 amide bonds. The van der Waals surface area contributed by atoms with Gasteiger partial charge in [-0.25, -0.2) is 4.98 Å². The molecule has 1 N–H and O–H groups in total. The Morgan fingerprint density at radius 3 is 2.76 bits per heavy atom. The molecule has 0 saturated carbocycles. The van der Waals surface area contributed by atoms with Crippen LogP contribution in [-0.4, -0.2) is 41.1 Å². The van der Waals surface area contributed by atoms with Crippen molar-refractivity contribution in [3.63, 3.8) is 0 Å². The van der Waals surface area contributed by atoms with Crippen molar-refractivity contribution >= 4 is 28.5 Å². The van der Waals surface area contributed by atoms with E-state index in [2.05, 4.69) is 29.0 Å². The van der Waals surface area contributed by atoms with E-state index in [9.17, 15) is 4.79 Å². The summed E-state index contributed by atoms with van der Waals surface area (Å²) in [6, 6.07) is 9.74. The zero-order chi connectivity index (χ0) is 17.6.